The first-order valence-electron chi connectivity index (χ1n) is 9.60. The van der Waals surface area contributed by atoms with Crippen molar-refractivity contribution in [2.45, 2.75) is 44.9 Å². The molecule has 1 fully saturated rings. The maximum absolute atomic E-state index is 12.9. The van der Waals surface area contributed by atoms with Gasteiger partial charge in [0.05, 0.1) is 0 Å². The van der Waals surface area contributed by atoms with Crippen molar-refractivity contribution >= 4 is 21.7 Å². The van der Waals surface area contributed by atoms with E-state index in [4.69, 9.17) is 4.52 Å². The van der Waals surface area contributed by atoms with E-state index < -0.39 is 10.0 Å². The number of aromatic nitrogens is 1. The summed E-state index contributed by atoms with van der Waals surface area (Å²) in [6, 6.07) is 7.50. The van der Waals surface area contributed by atoms with Crippen LogP contribution in [-0.4, -0.2) is 55.0 Å². The largest absolute Gasteiger partial charge is 0.360 e. The van der Waals surface area contributed by atoms with E-state index in [0.29, 0.717) is 18.8 Å². The van der Waals surface area contributed by atoms with Crippen LogP contribution >= 0.6 is 0 Å². The Morgan fingerprint density at radius 1 is 1.10 bits per heavy atom. The number of carbonyl (C=O) groups excluding carboxylic acids is 1. The zero-order chi connectivity index (χ0) is 21.4. The molecule has 1 N–H and O–H groups in total. The van der Waals surface area contributed by atoms with Gasteiger partial charge in [-0.3, -0.25) is 0 Å². The number of hydrogen-bond acceptors (Lipinski definition) is 5. The molecule has 0 unspecified atom stereocenters. The van der Waals surface area contributed by atoms with E-state index >= 15 is 0 Å². The van der Waals surface area contributed by atoms with Crippen molar-refractivity contribution in [3.05, 3.63) is 41.3 Å². The Kier molecular flexibility index (Phi) is 5.73. The minimum Gasteiger partial charge on any atom is -0.360 e. The average Bonchev–Trinajstić information content (AvgIpc) is 3.00. The number of rotatable bonds is 3. The molecule has 158 valence electrons. The third-order valence-electron chi connectivity index (χ3n) is 5.07. The van der Waals surface area contributed by atoms with Gasteiger partial charge in [-0.15, -0.1) is 0 Å². The Morgan fingerprint density at radius 2 is 1.72 bits per heavy atom. The van der Waals surface area contributed by atoms with E-state index in [9.17, 15) is 13.2 Å². The molecule has 29 heavy (non-hydrogen) atoms. The number of nitrogens with one attached hydrogen (secondary N) is 1. The smallest absolute Gasteiger partial charge is 0.321 e. The second-order valence-electron chi connectivity index (χ2n) is 8.27. The number of benzene rings is 1. The normalized spacial score (nSPS) is 16.1. The van der Waals surface area contributed by atoms with E-state index in [1.807, 2.05) is 24.3 Å². The third kappa shape index (κ3) is 4.30. The molecular formula is C20H28N4O4S. The van der Waals surface area contributed by atoms with Crippen LogP contribution in [0.5, 0.6) is 0 Å². The lowest BCUT2D eigenvalue weighted by Crippen LogP contribution is -2.51. The molecule has 0 atom stereocenters. The molecular weight excluding hydrogens is 392 g/mol. The summed E-state index contributed by atoms with van der Waals surface area (Å²) in [4.78, 5) is 14.5. The molecule has 0 spiro atoms. The second kappa shape index (κ2) is 7.79. The molecule has 2 heterocycles. The van der Waals surface area contributed by atoms with Crippen molar-refractivity contribution in [2.75, 3.05) is 31.5 Å². The van der Waals surface area contributed by atoms with Crippen molar-refractivity contribution in [1.29, 1.82) is 0 Å². The van der Waals surface area contributed by atoms with Crippen LogP contribution in [0.3, 0.4) is 0 Å². The minimum absolute atomic E-state index is 0.106. The van der Waals surface area contributed by atoms with Crippen molar-refractivity contribution in [1.82, 2.24) is 14.4 Å². The fraction of sp³-hybridized carbons (Fsp3) is 0.500. The molecule has 1 aromatic carbocycles. The summed E-state index contributed by atoms with van der Waals surface area (Å²) >= 11 is 0. The summed E-state index contributed by atoms with van der Waals surface area (Å²) in [6.45, 7) is 10.5. The molecule has 1 aromatic heterocycles. The van der Waals surface area contributed by atoms with Crippen LogP contribution in [0.2, 0.25) is 0 Å². The lowest BCUT2D eigenvalue weighted by atomic mass is 9.86. The van der Waals surface area contributed by atoms with Gasteiger partial charge in [0.2, 0.25) is 10.0 Å². The second-order valence-corrected chi connectivity index (χ2v) is 10.1. The number of nitrogens with zero attached hydrogens (tertiary/aromatic N) is 3. The summed E-state index contributed by atoms with van der Waals surface area (Å²) in [5.74, 6) is 0.279. The molecule has 0 bridgehead atoms. The predicted octanol–water partition coefficient (Wildman–Crippen LogP) is 3.13. The van der Waals surface area contributed by atoms with Gasteiger partial charge in [0.25, 0.3) is 0 Å². The van der Waals surface area contributed by atoms with Crippen molar-refractivity contribution in [2.24, 2.45) is 0 Å². The molecule has 2 amide bonds. The average molecular weight is 421 g/mol. The number of urea groups is 1. The van der Waals surface area contributed by atoms with Crippen molar-refractivity contribution in [3.63, 3.8) is 0 Å². The van der Waals surface area contributed by atoms with Crippen LogP contribution in [-0.2, 0) is 15.4 Å². The van der Waals surface area contributed by atoms with E-state index in [-0.39, 0.29) is 35.2 Å². The van der Waals surface area contributed by atoms with Crippen LogP contribution in [0.4, 0.5) is 10.5 Å². The molecule has 2 aromatic rings. The highest BCUT2D eigenvalue weighted by Gasteiger charge is 2.34. The first kappa shape index (κ1) is 21.3. The van der Waals surface area contributed by atoms with Crippen molar-refractivity contribution in [3.8, 4) is 0 Å². The summed E-state index contributed by atoms with van der Waals surface area (Å²) in [5.41, 5.74) is 2.07. The molecule has 9 heteroatoms. The lowest BCUT2D eigenvalue weighted by Gasteiger charge is -2.34. The fourth-order valence-corrected chi connectivity index (χ4v) is 5.26. The SMILES string of the molecule is Cc1noc(C)c1S(=O)(=O)N1CCN(C(=O)Nc2ccccc2C(C)(C)C)CC1. The highest BCUT2D eigenvalue weighted by molar-refractivity contribution is 7.89. The zero-order valence-corrected chi connectivity index (χ0v) is 18.3. The van der Waals surface area contributed by atoms with Gasteiger partial charge in [-0.05, 0) is 30.9 Å². The zero-order valence-electron chi connectivity index (χ0n) is 17.5. The number of sulfonamides is 1. The number of para-hydroxylation sites is 1. The molecule has 0 radical (unpaired) electrons. The van der Waals surface area contributed by atoms with Gasteiger partial charge in [-0.1, -0.05) is 44.1 Å². The van der Waals surface area contributed by atoms with E-state index in [0.717, 1.165) is 11.3 Å². The number of hydrogen-bond donors (Lipinski definition) is 1. The van der Waals surface area contributed by atoms with Crippen LogP contribution < -0.4 is 5.32 Å². The molecule has 0 saturated carbocycles. The molecule has 1 saturated heterocycles. The molecule has 8 nitrogen and oxygen atoms in total. The Labute approximate surface area is 171 Å². The quantitative estimate of drug-likeness (QED) is 0.823. The summed E-state index contributed by atoms with van der Waals surface area (Å²) in [7, 11) is -3.70. The lowest BCUT2D eigenvalue weighted by molar-refractivity contribution is 0.184. The molecule has 1 aliphatic rings. The summed E-state index contributed by atoms with van der Waals surface area (Å²) in [5, 5.41) is 6.72. The Balaban J connectivity index is 1.68. The molecule has 1 aliphatic heterocycles. The van der Waals surface area contributed by atoms with Gasteiger partial charge >= 0.3 is 6.03 Å². The topological polar surface area (TPSA) is 95.8 Å². The standard InChI is InChI=1S/C20H28N4O4S/c1-14-18(15(2)28-22-14)29(26,27)24-12-10-23(11-13-24)19(25)21-17-9-7-6-8-16(17)20(3,4)5/h6-9H,10-13H2,1-5H3,(H,21,25). The predicted molar refractivity (Wildman–Crippen MR) is 110 cm³/mol. The van der Waals surface area contributed by atoms with Gasteiger partial charge in [0.1, 0.15) is 10.6 Å². The first-order valence-corrected chi connectivity index (χ1v) is 11.0. The number of anilines is 1. The Bertz CT molecular complexity index is 980. The van der Waals surface area contributed by atoms with Crippen LogP contribution in [0.15, 0.2) is 33.7 Å². The maximum atomic E-state index is 12.9. The highest BCUT2D eigenvalue weighted by Crippen LogP contribution is 2.29. The van der Waals surface area contributed by atoms with E-state index in [1.54, 1.807) is 18.7 Å². The van der Waals surface area contributed by atoms with E-state index in [1.165, 1.54) is 4.31 Å². The molecule has 3 rings (SSSR count). The van der Waals surface area contributed by atoms with Crippen LogP contribution in [0, 0.1) is 13.8 Å². The number of aryl methyl sites for hydroxylation is 2. The van der Waals surface area contributed by atoms with Gasteiger partial charge in [0, 0.05) is 31.9 Å². The van der Waals surface area contributed by atoms with Gasteiger partial charge in [-0.25, -0.2) is 13.2 Å². The molecule has 0 aliphatic carbocycles. The Morgan fingerprint density at radius 3 is 2.28 bits per heavy atom. The maximum Gasteiger partial charge on any atom is 0.321 e. The Hall–Kier alpha value is -2.39. The van der Waals surface area contributed by atoms with Crippen LogP contribution in [0.25, 0.3) is 0 Å². The summed E-state index contributed by atoms with van der Waals surface area (Å²) < 4.78 is 32.2. The van der Waals surface area contributed by atoms with Crippen molar-refractivity contribution < 1.29 is 17.7 Å². The van der Waals surface area contributed by atoms with Gasteiger partial charge in [0.15, 0.2) is 5.76 Å². The third-order valence-corrected chi connectivity index (χ3v) is 7.21. The van der Waals surface area contributed by atoms with Gasteiger partial charge in [-0.2, -0.15) is 4.31 Å². The number of piperazine rings is 1. The summed E-state index contributed by atoms with van der Waals surface area (Å²) in [6.07, 6.45) is 0. The fourth-order valence-electron chi connectivity index (χ4n) is 3.54. The minimum atomic E-state index is -3.70. The van der Waals surface area contributed by atoms with Gasteiger partial charge < -0.3 is 14.7 Å². The number of amides is 2. The monoisotopic (exact) mass is 420 g/mol. The highest BCUT2D eigenvalue weighted by atomic mass is 32.2. The van der Waals surface area contributed by atoms with Crippen LogP contribution in [0.1, 0.15) is 37.8 Å². The number of carbonyl (C=O) groups is 1. The first-order chi connectivity index (χ1) is 13.5. The van der Waals surface area contributed by atoms with E-state index in [2.05, 4.69) is 31.2 Å².